The van der Waals surface area contributed by atoms with Gasteiger partial charge in [-0.2, -0.15) is 0 Å². The van der Waals surface area contributed by atoms with Gasteiger partial charge in [0.1, 0.15) is 6.61 Å². The first kappa shape index (κ1) is 22.0. The van der Waals surface area contributed by atoms with Crippen molar-refractivity contribution in [2.75, 3.05) is 32.2 Å². The Kier molecular flexibility index (Phi) is 6.36. The quantitative estimate of drug-likeness (QED) is 0.311. The zero-order valence-electron chi connectivity index (χ0n) is 17.1. The number of nitro benzene ring substituents is 1. The normalized spacial score (nSPS) is 19.2. The maximum atomic E-state index is 12.4. The molecule has 2 aromatic rings. The number of carbonyl (C=O) groups is 2. The molecule has 1 heterocycles. The highest BCUT2D eigenvalue weighted by molar-refractivity contribution is 5.96. The van der Waals surface area contributed by atoms with Crippen molar-refractivity contribution in [3.63, 3.8) is 0 Å². The maximum Gasteiger partial charge on any atom is 0.338 e. The molecule has 1 atom stereocenters. The molecule has 1 saturated heterocycles. The molecule has 0 bridgehead atoms. The van der Waals surface area contributed by atoms with E-state index in [0.29, 0.717) is 11.1 Å². The van der Waals surface area contributed by atoms with Crippen LogP contribution in [0.2, 0.25) is 0 Å². The summed E-state index contributed by atoms with van der Waals surface area (Å²) in [7, 11) is 3.77. The highest BCUT2D eigenvalue weighted by Crippen LogP contribution is 2.32. The molecule has 0 aromatic heterocycles. The molecule has 1 N–H and O–H groups in total. The third-order valence-electron chi connectivity index (χ3n) is 4.90. The van der Waals surface area contributed by atoms with E-state index in [1.54, 1.807) is 24.3 Å². The summed E-state index contributed by atoms with van der Waals surface area (Å²) < 4.78 is 10.6. The first-order valence-corrected chi connectivity index (χ1v) is 9.47. The molecule has 1 aliphatic heterocycles. The van der Waals surface area contributed by atoms with Crippen molar-refractivity contribution in [1.82, 2.24) is 0 Å². The van der Waals surface area contributed by atoms with Crippen molar-refractivity contribution < 1.29 is 29.1 Å². The van der Waals surface area contributed by atoms with E-state index in [1.807, 2.05) is 19.0 Å². The first-order chi connectivity index (χ1) is 14.7. The average molecular weight is 426 g/mol. The van der Waals surface area contributed by atoms with Gasteiger partial charge in [0.2, 0.25) is 0 Å². The minimum atomic E-state index is -1.37. The third kappa shape index (κ3) is 5.07. The number of benzene rings is 2. The Balaban J connectivity index is 1.68. The zero-order valence-corrected chi connectivity index (χ0v) is 17.1. The molecule has 0 spiro atoms. The van der Waals surface area contributed by atoms with Gasteiger partial charge in [0.05, 0.1) is 17.1 Å². The molecule has 1 unspecified atom stereocenters. The summed E-state index contributed by atoms with van der Waals surface area (Å²) in [5.41, 5.74) is 0.673. The monoisotopic (exact) mass is 426 g/mol. The molecule has 162 valence electrons. The van der Waals surface area contributed by atoms with Crippen molar-refractivity contribution in [2.24, 2.45) is 0 Å². The van der Waals surface area contributed by atoms with E-state index >= 15 is 0 Å². The van der Waals surface area contributed by atoms with E-state index in [1.165, 1.54) is 30.3 Å². The highest BCUT2D eigenvalue weighted by atomic mass is 16.6. The summed E-state index contributed by atoms with van der Waals surface area (Å²) in [6, 6.07) is 12.5. The van der Waals surface area contributed by atoms with E-state index in [9.17, 15) is 24.8 Å². The fourth-order valence-corrected chi connectivity index (χ4v) is 3.11. The molecule has 1 aliphatic rings. The largest absolute Gasteiger partial charge is 0.458 e. The number of esters is 2. The van der Waals surface area contributed by atoms with Gasteiger partial charge in [-0.3, -0.25) is 10.1 Å². The summed E-state index contributed by atoms with van der Waals surface area (Å²) in [5, 5.41) is 20.6. The number of non-ortho nitro benzene ring substituents is 1. The second-order valence-electron chi connectivity index (χ2n) is 7.44. The molecule has 9 nitrogen and oxygen atoms in total. The SMILES string of the molecule is CN(C)c1ccc(C(=O)OCC2(CO)C/C(=C/c3ccc([N+](=O)[O-])cc3)C(=O)O2)cc1. The van der Waals surface area contributed by atoms with Crippen molar-refractivity contribution in [3.05, 3.63) is 75.3 Å². The Labute approximate surface area is 178 Å². The topological polar surface area (TPSA) is 119 Å². The van der Waals surface area contributed by atoms with Crippen LogP contribution in [-0.4, -0.2) is 54.9 Å². The number of aliphatic hydroxyl groups excluding tert-OH is 1. The van der Waals surface area contributed by atoms with Crippen LogP contribution in [0.1, 0.15) is 22.3 Å². The molecule has 31 heavy (non-hydrogen) atoms. The van der Waals surface area contributed by atoms with Gasteiger partial charge in [-0.25, -0.2) is 9.59 Å². The van der Waals surface area contributed by atoms with E-state index in [2.05, 4.69) is 0 Å². The van der Waals surface area contributed by atoms with Gasteiger partial charge in [-0.05, 0) is 48.0 Å². The molecule has 3 rings (SSSR count). The predicted molar refractivity (Wildman–Crippen MR) is 113 cm³/mol. The van der Waals surface area contributed by atoms with Crippen LogP contribution in [0.5, 0.6) is 0 Å². The molecule has 0 radical (unpaired) electrons. The summed E-state index contributed by atoms with van der Waals surface area (Å²) >= 11 is 0. The lowest BCUT2D eigenvalue weighted by Gasteiger charge is -2.24. The van der Waals surface area contributed by atoms with Crippen LogP contribution in [0.4, 0.5) is 11.4 Å². The van der Waals surface area contributed by atoms with Crippen molar-refractivity contribution in [1.29, 1.82) is 0 Å². The lowest BCUT2D eigenvalue weighted by atomic mass is 9.98. The van der Waals surface area contributed by atoms with Crippen LogP contribution in [0.3, 0.4) is 0 Å². The molecule has 9 heteroatoms. The van der Waals surface area contributed by atoms with Crippen LogP contribution >= 0.6 is 0 Å². The van der Waals surface area contributed by atoms with Gasteiger partial charge >= 0.3 is 11.9 Å². The van der Waals surface area contributed by atoms with Crippen molar-refractivity contribution in [3.8, 4) is 0 Å². The third-order valence-corrected chi connectivity index (χ3v) is 4.90. The number of nitrogens with zero attached hydrogens (tertiary/aromatic N) is 2. The molecular formula is C22H22N2O7. The van der Waals surface area contributed by atoms with Crippen LogP contribution in [-0.2, 0) is 14.3 Å². The molecule has 0 amide bonds. The number of hydrogen-bond donors (Lipinski definition) is 1. The van der Waals surface area contributed by atoms with Crippen LogP contribution in [0.15, 0.2) is 54.1 Å². The number of carbonyl (C=O) groups excluding carboxylic acids is 2. The number of anilines is 1. The Morgan fingerprint density at radius 3 is 2.42 bits per heavy atom. The Morgan fingerprint density at radius 1 is 1.23 bits per heavy atom. The number of nitro groups is 1. The molecule has 0 saturated carbocycles. The minimum Gasteiger partial charge on any atom is -0.458 e. The first-order valence-electron chi connectivity index (χ1n) is 9.47. The smallest absolute Gasteiger partial charge is 0.338 e. The Hall–Kier alpha value is -3.72. The number of cyclic esters (lactones) is 1. The molecule has 0 aliphatic carbocycles. The molecule has 1 fully saturated rings. The van der Waals surface area contributed by atoms with E-state index in [0.717, 1.165) is 5.69 Å². The van der Waals surface area contributed by atoms with Gasteiger partial charge in [-0.1, -0.05) is 0 Å². The summed E-state index contributed by atoms with van der Waals surface area (Å²) in [6.07, 6.45) is 1.57. The number of ether oxygens (including phenoxy) is 2. The molecular weight excluding hydrogens is 404 g/mol. The minimum absolute atomic E-state index is 0.0339. The number of hydrogen-bond acceptors (Lipinski definition) is 8. The summed E-state index contributed by atoms with van der Waals surface area (Å²) in [6.45, 7) is -0.829. The van der Waals surface area contributed by atoms with Crippen molar-refractivity contribution >= 4 is 29.4 Å². The van der Waals surface area contributed by atoms with Gasteiger partial charge in [0.15, 0.2) is 5.60 Å². The maximum absolute atomic E-state index is 12.4. The number of rotatable bonds is 7. The standard InChI is InChI=1S/C22H22N2O7/c1-23(2)18-9-5-16(6-10-18)20(26)30-14-22(13-25)12-17(21(27)31-22)11-15-3-7-19(8-4-15)24(28)29/h3-11,25H,12-14H2,1-2H3/b17-11-. The van der Waals surface area contributed by atoms with Gasteiger partial charge in [-0.15, -0.1) is 0 Å². The molecule has 2 aromatic carbocycles. The lowest BCUT2D eigenvalue weighted by molar-refractivity contribution is -0.384. The summed E-state index contributed by atoms with van der Waals surface area (Å²) in [4.78, 5) is 36.8. The second-order valence-corrected chi connectivity index (χ2v) is 7.44. The second kappa shape index (κ2) is 8.97. The van der Waals surface area contributed by atoms with Gasteiger partial charge in [0, 0.05) is 43.9 Å². The summed E-state index contributed by atoms with van der Waals surface area (Å²) in [5.74, 6) is -1.24. The van der Waals surface area contributed by atoms with E-state index < -0.39 is 29.1 Å². The predicted octanol–water partition coefficient (Wildman–Crippen LogP) is 2.58. The van der Waals surface area contributed by atoms with Crippen LogP contribution in [0, 0.1) is 10.1 Å². The van der Waals surface area contributed by atoms with E-state index in [-0.39, 0.29) is 24.3 Å². The van der Waals surface area contributed by atoms with Gasteiger partial charge < -0.3 is 19.5 Å². The van der Waals surface area contributed by atoms with Crippen LogP contribution in [0.25, 0.3) is 6.08 Å². The zero-order chi connectivity index (χ0) is 22.6. The fraction of sp³-hybridized carbons (Fsp3) is 0.273. The fourth-order valence-electron chi connectivity index (χ4n) is 3.11. The number of aliphatic hydroxyl groups is 1. The highest BCUT2D eigenvalue weighted by Gasteiger charge is 2.44. The van der Waals surface area contributed by atoms with Gasteiger partial charge in [0.25, 0.3) is 5.69 Å². The average Bonchev–Trinajstić information content (AvgIpc) is 3.08. The Morgan fingerprint density at radius 2 is 1.87 bits per heavy atom. The Bertz CT molecular complexity index is 1010. The van der Waals surface area contributed by atoms with Crippen LogP contribution < -0.4 is 4.90 Å². The van der Waals surface area contributed by atoms with Crippen molar-refractivity contribution in [2.45, 2.75) is 12.0 Å². The van der Waals surface area contributed by atoms with E-state index in [4.69, 9.17) is 9.47 Å². The lowest BCUT2D eigenvalue weighted by Crippen LogP contribution is -2.39.